The summed E-state index contributed by atoms with van der Waals surface area (Å²) < 4.78 is 0. The summed E-state index contributed by atoms with van der Waals surface area (Å²) in [6.45, 7) is 0.759. The normalized spacial score (nSPS) is 22.4. The molecular formula is C12H14N4O. The van der Waals surface area contributed by atoms with E-state index in [-0.39, 0.29) is 6.04 Å². The fraction of sp³-hybridized carbons (Fsp3) is 0.333. The van der Waals surface area contributed by atoms with E-state index in [0.717, 1.165) is 35.5 Å². The molecule has 1 saturated heterocycles. The average molecular weight is 230 g/mol. The van der Waals surface area contributed by atoms with Crippen molar-refractivity contribution in [2.75, 3.05) is 13.7 Å². The Labute approximate surface area is 98.9 Å². The van der Waals surface area contributed by atoms with Crippen molar-refractivity contribution in [3.05, 3.63) is 30.1 Å². The zero-order valence-electron chi connectivity index (χ0n) is 9.60. The minimum Gasteiger partial charge on any atom is -0.399 e. The van der Waals surface area contributed by atoms with Gasteiger partial charge in [0, 0.05) is 13.0 Å². The number of aromatic amines is 1. The fourth-order valence-electron chi connectivity index (χ4n) is 2.15. The van der Waals surface area contributed by atoms with Gasteiger partial charge in [-0.1, -0.05) is 17.3 Å². The van der Waals surface area contributed by atoms with Crippen molar-refractivity contribution in [1.82, 2.24) is 15.3 Å². The number of aromatic nitrogens is 2. The number of benzene rings is 1. The predicted octanol–water partition coefficient (Wildman–Crippen LogP) is 1.60. The van der Waals surface area contributed by atoms with Gasteiger partial charge in [-0.05, 0) is 12.1 Å². The summed E-state index contributed by atoms with van der Waals surface area (Å²) in [4.78, 5) is 12.7. The largest absolute Gasteiger partial charge is 0.399 e. The standard InChI is InChI=1S/C12H14N4O/c1-17-16-8-6-11(13-7-8)12-14-9-4-2-3-5-10(9)15-12/h2-5,11,13H,6-7H2,1H3,(H,14,15)/b16-8+/t11-/m0/s1. The first-order valence-corrected chi connectivity index (χ1v) is 5.64. The lowest BCUT2D eigenvalue weighted by molar-refractivity contribution is 0.212. The summed E-state index contributed by atoms with van der Waals surface area (Å²) in [7, 11) is 1.57. The van der Waals surface area contributed by atoms with Crippen molar-refractivity contribution in [2.45, 2.75) is 12.5 Å². The van der Waals surface area contributed by atoms with Crippen molar-refractivity contribution < 1.29 is 4.84 Å². The number of nitrogens with zero attached hydrogens (tertiary/aromatic N) is 2. The lowest BCUT2D eigenvalue weighted by Crippen LogP contribution is -2.14. The molecule has 1 aliphatic rings. The number of para-hydroxylation sites is 2. The van der Waals surface area contributed by atoms with Crippen LogP contribution in [0.2, 0.25) is 0 Å². The molecule has 2 heterocycles. The Morgan fingerprint density at radius 1 is 1.41 bits per heavy atom. The lowest BCUT2D eigenvalue weighted by atomic mass is 10.2. The Balaban J connectivity index is 1.87. The Bertz CT molecular complexity index is 527. The summed E-state index contributed by atoms with van der Waals surface area (Å²) in [5, 5.41) is 7.33. The van der Waals surface area contributed by atoms with Crippen molar-refractivity contribution in [3.8, 4) is 0 Å². The van der Waals surface area contributed by atoms with E-state index in [1.165, 1.54) is 0 Å². The van der Waals surface area contributed by atoms with E-state index in [4.69, 9.17) is 4.84 Å². The van der Waals surface area contributed by atoms with Gasteiger partial charge in [0.25, 0.3) is 0 Å². The molecule has 0 amide bonds. The molecule has 1 aromatic carbocycles. The lowest BCUT2D eigenvalue weighted by Gasteiger charge is -2.03. The van der Waals surface area contributed by atoms with E-state index in [1.807, 2.05) is 24.3 Å². The van der Waals surface area contributed by atoms with Gasteiger partial charge in [0.15, 0.2) is 0 Å². The fourth-order valence-corrected chi connectivity index (χ4v) is 2.15. The van der Waals surface area contributed by atoms with Gasteiger partial charge in [-0.25, -0.2) is 4.98 Å². The Morgan fingerprint density at radius 2 is 2.29 bits per heavy atom. The van der Waals surface area contributed by atoms with Crippen LogP contribution in [0.4, 0.5) is 0 Å². The maximum atomic E-state index is 4.79. The molecule has 3 rings (SSSR count). The van der Waals surface area contributed by atoms with Gasteiger partial charge < -0.3 is 15.1 Å². The Kier molecular flexibility index (Phi) is 2.53. The molecule has 5 nitrogen and oxygen atoms in total. The van der Waals surface area contributed by atoms with Crippen molar-refractivity contribution in [1.29, 1.82) is 0 Å². The first-order valence-electron chi connectivity index (χ1n) is 5.64. The highest BCUT2D eigenvalue weighted by Gasteiger charge is 2.24. The van der Waals surface area contributed by atoms with E-state index < -0.39 is 0 Å². The van der Waals surface area contributed by atoms with Crippen LogP contribution in [0.5, 0.6) is 0 Å². The number of hydrogen-bond donors (Lipinski definition) is 2. The molecule has 1 aromatic heterocycles. The van der Waals surface area contributed by atoms with Crippen LogP contribution < -0.4 is 5.32 Å². The molecule has 1 atom stereocenters. The topological polar surface area (TPSA) is 62.3 Å². The smallest absolute Gasteiger partial charge is 0.124 e. The van der Waals surface area contributed by atoms with Gasteiger partial charge in [-0.2, -0.15) is 0 Å². The highest BCUT2D eigenvalue weighted by atomic mass is 16.6. The molecule has 2 N–H and O–H groups in total. The molecule has 2 aromatic rings. The zero-order chi connectivity index (χ0) is 11.7. The summed E-state index contributed by atoms with van der Waals surface area (Å²) in [5.41, 5.74) is 3.10. The van der Waals surface area contributed by atoms with Crippen molar-refractivity contribution in [3.63, 3.8) is 0 Å². The van der Waals surface area contributed by atoms with Gasteiger partial charge in [0.1, 0.15) is 12.9 Å². The van der Waals surface area contributed by atoms with Crippen LogP contribution in [0.3, 0.4) is 0 Å². The molecule has 1 aliphatic heterocycles. The van der Waals surface area contributed by atoms with Crippen LogP contribution in [-0.4, -0.2) is 29.3 Å². The molecule has 17 heavy (non-hydrogen) atoms. The van der Waals surface area contributed by atoms with E-state index in [9.17, 15) is 0 Å². The predicted molar refractivity (Wildman–Crippen MR) is 65.9 cm³/mol. The van der Waals surface area contributed by atoms with E-state index >= 15 is 0 Å². The molecular weight excluding hydrogens is 216 g/mol. The summed E-state index contributed by atoms with van der Waals surface area (Å²) in [5.74, 6) is 0.965. The monoisotopic (exact) mass is 230 g/mol. The summed E-state index contributed by atoms with van der Waals surface area (Å²) >= 11 is 0. The quantitative estimate of drug-likeness (QED) is 0.770. The second-order valence-corrected chi connectivity index (χ2v) is 4.12. The van der Waals surface area contributed by atoms with Crippen molar-refractivity contribution >= 4 is 16.7 Å². The zero-order valence-corrected chi connectivity index (χ0v) is 9.60. The molecule has 0 saturated carbocycles. The van der Waals surface area contributed by atoms with Crippen LogP contribution in [0, 0.1) is 0 Å². The number of oxime groups is 1. The third-order valence-electron chi connectivity index (χ3n) is 2.95. The third kappa shape index (κ3) is 1.89. The number of hydrogen-bond acceptors (Lipinski definition) is 4. The molecule has 0 bridgehead atoms. The maximum absolute atomic E-state index is 4.79. The van der Waals surface area contributed by atoms with Crippen LogP contribution >= 0.6 is 0 Å². The Hall–Kier alpha value is -1.88. The van der Waals surface area contributed by atoms with Gasteiger partial charge in [-0.15, -0.1) is 0 Å². The van der Waals surface area contributed by atoms with Crippen LogP contribution in [-0.2, 0) is 4.84 Å². The van der Waals surface area contributed by atoms with E-state index in [0.29, 0.717) is 0 Å². The highest BCUT2D eigenvalue weighted by Crippen LogP contribution is 2.22. The SMILES string of the molecule is CO/N=C1/CN[C@H](c2nc3ccccc3[nH]2)C1. The number of imidazole rings is 1. The minimum atomic E-state index is 0.205. The van der Waals surface area contributed by atoms with Gasteiger partial charge in [0.2, 0.25) is 0 Å². The first-order chi connectivity index (χ1) is 8.36. The van der Waals surface area contributed by atoms with E-state index in [1.54, 1.807) is 7.11 Å². The first kappa shape index (κ1) is 10.3. The Morgan fingerprint density at radius 3 is 3.12 bits per heavy atom. The van der Waals surface area contributed by atoms with Crippen LogP contribution in [0.15, 0.2) is 29.4 Å². The summed E-state index contributed by atoms with van der Waals surface area (Å²) in [6, 6.07) is 8.24. The summed E-state index contributed by atoms with van der Waals surface area (Å²) in [6.07, 6.45) is 0.841. The number of H-pyrrole nitrogens is 1. The van der Waals surface area contributed by atoms with Gasteiger partial charge in [-0.3, -0.25) is 0 Å². The minimum absolute atomic E-state index is 0.205. The molecule has 0 aliphatic carbocycles. The third-order valence-corrected chi connectivity index (χ3v) is 2.95. The van der Waals surface area contributed by atoms with Crippen LogP contribution in [0.1, 0.15) is 18.3 Å². The second-order valence-electron chi connectivity index (χ2n) is 4.12. The number of nitrogens with one attached hydrogen (secondary N) is 2. The molecule has 0 unspecified atom stereocenters. The number of rotatable bonds is 2. The maximum Gasteiger partial charge on any atom is 0.124 e. The molecule has 0 spiro atoms. The van der Waals surface area contributed by atoms with Gasteiger partial charge >= 0.3 is 0 Å². The van der Waals surface area contributed by atoms with Gasteiger partial charge in [0.05, 0.1) is 22.8 Å². The highest BCUT2D eigenvalue weighted by molar-refractivity contribution is 5.88. The van der Waals surface area contributed by atoms with Crippen molar-refractivity contribution in [2.24, 2.45) is 5.16 Å². The average Bonchev–Trinajstić information content (AvgIpc) is 2.94. The molecule has 88 valence electrons. The van der Waals surface area contributed by atoms with Crippen LogP contribution in [0.25, 0.3) is 11.0 Å². The van der Waals surface area contributed by atoms with E-state index in [2.05, 4.69) is 20.4 Å². The number of fused-ring (bicyclic) bond motifs is 1. The second kappa shape index (κ2) is 4.18. The molecule has 1 fully saturated rings. The molecule has 0 radical (unpaired) electrons. The molecule has 5 heteroatoms.